The fourth-order valence-electron chi connectivity index (χ4n) is 3.35. The number of ether oxygens (including phenoxy) is 3. The van der Waals surface area contributed by atoms with Crippen molar-refractivity contribution >= 4 is 0 Å². The largest absolute Gasteiger partial charge is 0.349 e. The standard InChI is InChI=1S/C18H26O3/c1-5-11-17(15(3)9-7-13-19-17)21-18(12-6-2)16(4)10-8-14-20-18/h1-2,15-16H,7-14H2,3-4H3. The van der Waals surface area contributed by atoms with Gasteiger partial charge in [-0.15, -0.1) is 24.7 Å². The Bertz CT molecular complexity index is 393. The number of hydrogen-bond acceptors (Lipinski definition) is 3. The van der Waals surface area contributed by atoms with E-state index in [4.69, 9.17) is 27.1 Å². The molecule has 116 valence electrons. The van der Waals surface area contributed by atoms with E-state index in [0.717, 1.165) is 25.7 Å². The highest BCUT2D eigenvalue weighted by atomic mass is 16.8. The molecule has 0 aromatic carbocycles. The zero-order chi connectivity index (χ0) is 15.3. The summed E-state index contributed by atoms with van der Waals surface area (Å²) in [6.07, 6.45) is 16.2. The molecule has 4 unspecified atom stereocenters. The molecule has 2 fully saturated rings. The normalized spacial score (nSPS) is 40.2. The smallest absolute Gasteiger partial charge is 0.185 e. The summed E-state index contributed by atoms with van der Waals surface area (Å²) in [6, 6.07) is 0. The average molecular weight is 290 g/mol. The van der Waals surface area contributed by atoms with Crippen molar-refractivity contribution in [1.82, 2.24) is 0 Å². The van der Waals surface area contributed by atoms with E-state index in [1.54, 1.807) is 0 Å². The van der Waals surface area contributed by atoms with Crippen LogP contribution in [0.1, 0.15) is 52.4 Å². The molecule has 0 bridgehead atoms. The highest BCUT2D eigenvalue weighted by molar-refractivity contribution is 5.01. The van der Waals surface area contributed by atoms with Gasteiger partial charge in [-0.05, 0) is 25.7 Å². The third-order valence-electron chi connectivity index (χ3n) is 4.80. The molecule has 21 heavy (non-hydrogen) atoms. The van der Waals surface area contributed by atoms with Crippen LogP contribution < -0.4 is 0 Å². The van der Waals surface area contributed by atoms with Crippen molar-refractivity contribution < 1.29 is 14.2 Å². The Hall–Kier alpha value is -1.00. The van der Waals surface area contributed by atoms with Crippen molar-refractivity contribution in [2.24, 2.45) is 11.8 Å². The number of hydrogen-bond donors (Lipinski definition) is 0. The SMILES string of the molecule is C#CCC1(OC2(CC#C)OCCCC2C)OCCCC1C. The highest BCUT2D eigenvalue weighted by Gasteiger charge is 2.51. The summed E-state index contributed by atoms with van der Waals surface area (Å²) in [5, 5.41) is 0. The third kappa shape index (κ3) is 3.27. The quantitative estimate of drug-likeness (QED) is 0.743. The van der Waals surface area contributed by atoms with Crippen LogP contribution in [-0.4, -0.2) is 24.8 Å². The molecule has 0 amide bonds. The molecule has 0 N–H and O–H groups in total. The lowest BCUT2D eigenvalue weighted by Gasteiger charge is -2.50. The topological polar surface area (TPSA) is 27.7 Å². The van der Waals surface area contributed by atoms with E-state index in [0.29, 0.717) is 26.1 Å². The maximum atomic E-state index is 6.48. The van der Waals surface area contributed by atoms with Gasteiger partial charge in [-0.2, -0.15) is 0 Å². The van der Waals surface area contributed by atoms with Gasteiger partial charge in [-0.3, -0.25) is 0 Å². The first-order chi connectivity index (χ1) is 10.1. The van der Waals surface area contributed by atoms with E-state index in [1.165, 1.54) is 0 Å². The van der Waals surface area contributed by atoms with Gasteiger partial charge in [0, 0.05) is 11.8 Å². The molecule has 0 spiro atoms. The Labute approximate surface area is 128 Å². The first kappa shape index (κ1) is 16.4. The van der Waals surface area contributed by atoms with Crippen molar-refractivity contribution in [2.75, 3.05) is 13.2 Å². The van der Waals surface area contributed by atoms with Gasteiger partial charge in [0.05, 0.1) is 26.1 Å². The average Bonchev–Trinajstić information content (AvgIpc) is 2.46. The van der Waals surface area contributed by atoms with Crippen molar-refractivity contribution in [1.29, 1.82) is 0 Å². The number of terminal acetylenes is 2. The zero-order valence-corrected chi connectivity index (χ0v) is 13.2. The van der Waals surface area contributed by atoms with Crippen LogP contribution in [0.3, 0.4) is 0 Å². The predicted octanol–water partition coefficient (Wildman–Crippen LogP) is 3.34. The molecule has 0 aliphatic carbocycles. The minimum absolute atomic E-state index is 0.231. The third-order valence-corrected chi connectivity index (χ3v) is 4.80. The summed E-state index contributed by atoms with van der Waals surface area (Å²) >= 11 is 0. The van der Waals surface area contributed by atoms with Gasteiger partial charge in [-0.1, -0.05) is 13.8 Å². The van der Waals surface area contributed by atoms with Crippen LogP contribution in [0, 0.1) is 36.5 Å². The van der Waals surface area contributed by atoms with Crippen molar-refractivity contribution in [3.8, 4) is 24.7 Å². The lowest BCUT2D eigenvalue weighted by molar-refractivity contribution is -0.399. The van der Waals surface area contributed by atoms with Gasteiger partial charge < -0.3 is 14.2 Å². The fraction of sp³-hybridized carbons (Fsp3) is 0.778. The second-order valence-corrected chi connectivity index (χ2v) is 6.27. The molecule has 0 saturated carbocycles. The Balaban J connectivity index is 2.28. The Morgan fingerprint density at radius 3 is 1.71 bits per heavy atom. The van der Waals surface area contributed by atoms with Gasteiger partial charge >= 0.3 is 0 Å². The zero-order valence-electron chi connectivity index (χ0n) is 13.2. The van der Waals surface area contributed by atoms with Gasteiger partial charge in [0.25, 0.3) is 0 Å². The predicted molar refractivity (Wildman–Crippen MR) is 82.1 cm³/mol. The molecule has 3 nitrogen and oxygen atoms in total. The molecule has 2 aliphatic rings. The molecule has 2 rings (SSSR count). The van der Waals surface area contributed by atoms with Gasteiger partial charge in [-0.25, -0.2) is 0 Å². The van der Waals surface area contributed by atoms with Gasteiger partial charge in [0.2, 0.25) is 0 Å². The maximum absolute atomic E-state index is 6.48. The Kier molecular flexibility index (Phi) is 5.33. The molecule has 2 aliphatic heterocycles. The molecule has 2 saturated heterocycles. The summed E-state index contributed by atoms with van der Waals surface area (Å²) in [5.74, 6) is 4.36. The van der Waals surface area contributed by atoms with Crippen LogP contribution in [0.25, 0.3) is 0 Å². The van der Waals surface area contributed by atoms with Crippen LogP contribution in [0.4, 0.5) is 0 Å². The first-order valence-electron chi connectivity index (χ1n) is 7.93. The summed E-state index contributed by atoms with van der Waals surface area (Å²) in [4.78, 5) is 0. The van der Waals surface area contributed by atoms with Crippen LogP contribution in [-0.2, 0) is 14.2 Å². The monoisotopic (exact) mass is 290 g/mol. The minimum Gasteiger partial charge on any atom is -0.349 e. The molecular weight excluding hydrogens is 264 g/mol. The Morgan fingerprint density at radius 2 is 1.38 bits per heavy atom. The first-order valence-corrected chi connectivity index (χ1v) is 7.93. The van der Waals surface area contributed by atoms with E-state index in [1.807, 2.05) is 0 Å². The highest BCUT2D eigenvalue weighted by Crippen LogP contribution is 2.44. The maximum Gasteiger partial charge on any atom is 0.185 e. The van der Waals surface area contributed by atoms with E-state index < -0.39 is 11.6 Å². The second-order valence-electron chi connectivity index (χ2n) is 6.27. The van der Waals surface area contributed by atoms with E-state index in [2.05, 4.69) is 25.7 Å². The van der Waals surface area contributed by atoms with E-state index in [-0.39, 0.29) is 11.8 Å². The Morgan fingerprint density at radius 1 is 0.952 bits per heavy atom. The lowest BCUT2D eigenvalue weighted by Crippen LogP contribution is -2.56. The van der Waals surface area contributed by atoms with Crippen molar-refractivity contribution in [3.63, 3.8) is 0 Å². The van der Waals surface area contributed by atoms with Crippen LogP contribution in [0.15, 0.2) is 0 Å². The van der Waals surface area contributed by atoms with Crippen LogP contribution >= 0.6 is 0 Å². The molecule has 3 heteroatoms. The van der Waals surface area contributed by atoms with Crippen molar-refractivity contribution in [2.45, 2.75) is 63.9 Å². The van der Waals surface area contributed by atoms with Crippen LogP contribution in [0.5, 0.6) is 0 Å². The summed E-state index contributed by atoms with van der Waals surface area (Å²) < 4.78 is 18.5. The van der Waals surface area contributed by atoms with Crippen LogP contribution in [0.2, 0.25) is 0 Å². The molecule has 2 heterocycles. The molecular formula is C18H26O3. The minimum atomic E-state index is -0.768. The van der Waals surface area contributed by atoms with E-state index >= 15 is 0 Å². The van der Waals surface area contributed by atoms with Gasteiger partial charge in [0.15, 0.2) is 11.6 Å². The van der Waals surface area contributed by atoms with Gasteiger partial charge in [0.1, 0.15) is 0 Å². The molecule has 0 radical (unpaired) electrons. The molecule has 0 aromatic heterocycles. The van der Waals surface area contributed by atoms with Crippen molar-refractivity contribution in [3.05, 3.63) is 0 Å². The number of rotatable bonds is 4. The summed E-state index contributed by atoms with van der Waals surface area (Å²) in [5.41, 5.74) is 0. The summed E-state index contributed by atoms with van der Waals surface area (Å²) in [6.45, 7) is 5.61. The second kappa shape index (κ2) is 6.84. The lowest BCUT2D eigenvalue weighted by atomic mass is 9.86. The molecule has 0 aromatic rings. The fourth-order valence-corrected chi connectivity index (χ4v) is 3.35. The summed E-state index contributed by atoms with van der Waals surface area (Å²) in [7, 11) is 0. The van der Waals surface area contributed by atoms with E-state index in [9.17, 15) is 0 Å². The molecule has 4 atom stereocenters.